The lowest BCUT2D eigenvalue weighted by Gasteiger charge is -2.18. The number of urea groups is 1. The number of hydrogen-bond donors (Lipinski definition) is 2. The van der Waals surface area contributed by atoms with Gasteiger partial charge in [0.25, 0.3) is 0 Å². The molecule has 0 bridgehead atoms. The molecule has 2 N–H and O–H groups in total. The van der Waals surface area contributed by atoms with Crippen LogP contribution < -0.4 is 10.6 Å². The SMILES string of the molecule is Cc1cccc([C@@H](C)NC(=O)NCc2ccc([S@](C)=O)cc2)c1C. The highest BCUT2D eigenvalue weighted by Crippen LogP contribution is 2.19. The van der Waals surface area contributed by atoms with Crippen molar-refractivity contribution in [3.05, 3.63) is 64.7 Å². The number of hydrogen-bond acceptors (Lipinski definition) is 2. The zero-order valence-corrected chi connectivity index (χ0v) is 15.4. The van der Waals surface area contributed by atoms with Gasteiger partial charge in [0.1, 0.15) is 0 Å². The summed E-state index contributed by atoms with van der Waals surface area (Å²) in [4.78, 5) is 12.9. The van der Waals surface area contributed by atoms with Gasteiger partial charge in [-0.15, -0.1) is 0 Å². The van der Waals surface area contributed by atoms with Crippen LogP contribution in [0.2, 0.25) is 0 Å². The molecule has 128 valence electrons. The first-order valence-corrected chi connectivity index (χ1v) is 9.47. The molecule has 2 aromatic rings. The standard InChI is InChI=1S/C19H24N2O2S/c1-13-6-5-7-18(14(13)2)15(3)21-19(22)20-12-16-8-10-17(11-9-16)24(4)23/h5-11,15H,12H2,1-4H3,(H2,20,21,22)/t15-,24+/m1/s1. The molecule has 2 rings (SSSR count). The van der Waals surface area contributed by atoms with Crippen molar-refractivity contribution in [2.45, 2.75) is 38.3 Å². The first-order valence-electron chi connectivity index (χ1n) is 7.91. The largest absolute Gasteiger partial charge is 0.334 e. The topological polar surface area (TPSA) is 58.2 Å². The van der Waals surface area contributed by atoms with Crippen LogP contribution >= 0.6 is 0 Å². The van der Waals surface area contributed by atoms with Gasteiger partial charge in [0, 0.05) is 28.5 Å². The summed E-state index contributed by atoms with van der Waals surface area (Å²) in [6.07, 6.45) is 1.65. The predicted molar refractivity (Wildman–Crippen MR) is 98.5 cm³/mol. The number of rotatable bonds is 5. The maximum absolute atomic E-state index is 12.1. The molecule has 5 heteroatoms. The second kappa shape index (κ2) is 8.11. The lowest BCUT2D eigenvalue weighted by Crippen LogP contribution is -2.36. The fraction of sp³-hybridized carbons (Fsp3) is 0.316. The van der Waals surface area contributed by atoms with Crippen molar-refractivity contribution in [1.82, 2.24) is 10.6 Å². The summed E-state index contributed by atoms with van der Waals surface area (Å²) in [6, 6.07) is 13.3. The quantitative estimate of drug-likeness (QED) is 0.871. The van der Waals surface area contributed by atoms with E-state index >= 15 is 0 Å². The van der Waals surface area contributed by atoms with Crippen molar-refractivity contribution < 1.29 is 9.00 Å². The summed E-state index contributed by atoms with van der Waals surface area (Å²) in [7, 11) is -0.983. The Morgan fingerprint density at radius 2 is 1.79 bits per heavy atom. The molecule has 0 spiro atoms. The number of amides is 2. The van der Waals surface area contributed by atoms with Gasteiger partial charge in [-0.05, 0) is 55.2 Å². The zero-order valence-electron chi connectivity index (χ0n) is 14.6. The van der Waals surface area contributed by atoms with Crippen LogP contribution in [0.25, 0.3) is 0 Å². The van der Waals surface area contributed by atoms with E-state index in [1.165, 1.54) is 11.1 Å². The summed E-state index contributed by atoms with van der Waals surface area (Å²) in [5.41, 5.74) is 4.52. The molecule has 0 saturated heterocycles. The van der Waals surface area contributed by atoms with Crippen LogP contribution in [-0.2, 0) is 17.3 Å². The predicted octanol–water partition coefficient (Wildman–Crippen LogP) is 3.60. The molecule has 0 fully saturated rings. The molecule has 24 heavy (non-hydrogen) atoms. The van der Waals surface area contributed by atoms with E-state index in [2.05, 4.69) is 30.5 Å². The minimum atomic E-state index is -0.983. The number of benzene rings is 2. The van der Waals surface area contributed by atoms with Crippen molar-refractivity contribution in [1.29, 1.82) is 0 Å². The molecule has 0 radical (unpaired) electrons. The average Bonchev–Trinajstić information content (AvgIpc) is 2.55. The van der Waals surface area contributed by atoms with E-state index in [-0.39, 0.29) is 12.1 Å². The van der Waals surface area contributed by atoms with Gasteiger partial charge < -0.3 is 10.6 Å². The van der Waals surface area contributed by atoms with E-state index in [0.29, 0.717) is 6.54 Å². The first kappa shape index (κ1) is 18.2. The molecule has 2 amide bonds. The Morgan fingerprint density at radius 1 is 1.12 bits per heavy atom. The van der Waals surface area contributed by atoms with E-state index in [4.69, 9.17) is 0 Å². The molecule has 0 aliphatic heterocycles. The van der Waals surface area contributed by atoms with E-state index in [9.17, 15) is 9.00 Å². The fourth-order valence-corrected chi connectivity index (χ4v) is 3.07. The molecule has 4 nitrogen and oxygen atoms in total. The van der Waals surface area contributed by atoms with Gasteiger partial charge in [0.15, 0.2) is 0 Å². The summed E-state index contributed by atoms with van der Waals surface area (Å²) in [6.45, 7) is 6.55. The maximum atomic E-state index is 12.1. The van der Waals surface area contributed by atoms with Crippen LogP contribution in [0, 0.1) is 13.8 Å². The third-order valence-electron chi connectivity index (χ3n) is 4.17. The van der Waals surface area contributed by atoms with Gasteiger partial charge in [-0.1, -0.05) is 30.3 Å². The van der Waals surface area contributed by atoms with Crippen molar-refractivity contribution in [2.75, 3.05) is 6.26 Å². The van der Waals surface area contributed by atoms with E-state index in [0.717, 1.165) is 16.0 Å². The van der Waals surface area contributed by atoms with Gasteiger partial charge in [-0.2, -0.15) is 0 Å². The zero-order chi connectivity index (χ0) is 17.7. The Balaban J connectivity index is 1.91. The normalized spacial score (nSPS) is 13.2. The Labute approximate surface area is 146 Å². The molecule has 2 aromatic carbocycles. The molecule has 0 aromatic heterocycles. The summed E-state index contributed by atoms with van der Waals surface area (Å²) < 4.78 is 11.4. The van der Waals surface area contributed by atoms with Gasteiger partial charge in [0.05, 0.1) is 6.04 Å². The molecule has 0 heterocycles. The van der Waals surface area contributed by atoms with Gasteiger partial charge in [0.2, 0.25) is 0 Å². The third-order valence-corrected chi connectivity index (χ3v) is 5.11. The molecular weight excluding hydrogens is 320 g/mol. The van der Waals surface area contributed by atoms with Gasteiger partial charge in [-0.3, -0.25) is 4.21 Å². The van der Waals surface area contributed by atoms with E-state index in [1.54, 1.807) is 6.26 Å². The van der Waals surface area contributed by atoms with E-state index in [1.807, 2.05) is 43.3 Å². The van der Waals surface area contributed by atoms with Crippen LogP contribution in [0.1, 0.15) is 35.2 Å². The first-order chi connectivity index (χ1) is 11.4. The van der Waals surface area contributed by atoms with Crippen molar-refractivity contribution in [3.63, 3.8) is 0 Å². The second-order valence-electron chi connectivity index (χ2n) is 5.94. The Morgan fingerprint density at radius 3 is 2.42 bits per heavy atom. The lowest BCUT2D eigenvalue weighted by atomic mass is 9.98. The van der Waals surface area contributed by atoms with Gasteiger partial charge >= 0.3 is 6.03 Å². The van der Waals surface area contributed by atoms with Crippen molar-refractivity contribution in [3.8, 4) is 0 Å². The summed E-state index contributed by atoms with van der Waals surface area (Å²) in [5, 5.41) is 5.82. The van der Waals surface area contributed by atoms with E-state index < -0.39 is 10.8 Å². The highest BCUT2D eigenvalue weighted by atomic mass is 32.2. The number of carbonyl (C=O) groups is 1. The number of aryl methyl sites for hydroxylation is 1. The Hall–Kier alpha value is -2.14. The molecule has 0 aliphatic carbocycles. The summed E-state index contributed by atoms with van der Waals surface area (Å²) >= 11 is 0. The summed E-state index contributed by atoms with van der Waals surface area (Å²) in [5.74, 6) is 0. The minimum absolute atomic E-state index is 0.0604. The van der Waals surface area contributed by atoms with Crippen molar-refractivity contribution in [2.24, 2.45) is 0 Å². The number of nitrogens with one attached hydrogen (secondary N) is 2. The third kappa shape index (κ3) is 4.68. The van der Waals surface area contributed by atoms with Crippen LogP contribution in [0.15, 0.2) is 47.4 Å². The molecular formula is C19H24N2O2S. The lowest BCUT2D eigenvalue weighted by molar-refractivity contribution is 0.237. The molecule has 0 saturated carbocycles. The smallest absolute Gasteiger partial charge is 0.315 e. The van der Waals surface area contributed by atoms with Crippen LogP contribution in [0.4, 0.5) is 4.79 Å². The molecule has 0 unspecified atom stereocenters. The van der Waals surface area contributed by atoms with Gasteiger partial charge in [-0.25, -0.2) is 4.79 Å². The molecule has 2 atom stereocenters. The van der Waals surface area contributed by atoms with Crippen LogP contribution in [-0.4, -0.2) is 16.5 Å². The highest BCUT2D eigenvalue weighted by molar-refractivity contribution is 7.84. The Bertz CT molecular complexity index is 742. The van der Waals surface area contributed by atoms with Crippen LogP contribution in [0.3, 0.4) is 0 Å². The highest BCUT2D eigenvalue weighted by Gasteiger charge is 2.12. The molecule has 0 aliphatic rings. The average molecular weight is 344 g/mol. The monoisotopic (exact) mass is 344 g/mol. The van der Waals surface area contributed by atoms with Crippen LogP contribution in [0.5, 0.6) is 0 Å². The maximum Gasteiger partial charge on any atom is 0.315 e. The number of carbonyl (C=O) groups excluding carboxylic acids is 1. The fourth-order valence-electron chi connectivity index (χ4n) is 2.55. The van der Waals surface area contributed by atoms with Crippen molar-refractivity contribution >= 4 is 16.8 Å². The minimum Gasteiger partial charge on any atom is -0.334 e. The Kier molecular flexibility index (Phi) is 6.15. The second-order valence-corrected chi connectivity index (χ2v) is 7.32.